The van der Waals surface area contributed by atoms with Crippen LogP contribution in [0.1, 0.15) is 25.3 Å². The van der Waals surface area contributed by atoms with Crippen LogP contribution >= 0.6 is 15.9 Å². The van der Waals surface area contributed by atoms with E-state index in [0.29, 0.717) is 6.04 Å². The summed E-state index contributed by atoms with van der Waals surface area (Å²) in [6.45, 7) is 1.09. The monoisotopic (exact) mass is 317 g/mol. The highest BCUT2D eigenvalue weighted by molar-refractivity contribution is 9.10. The van der Waals surface area contributed by atoms with Crippen molar-refractivity contribution in [1.29, 1.82) is 0 Å². The molecule has 1 aliphatic carbocycles. The van der Waals surface area contributed by atoms with Crippen molar-refractivity contribution in [2.75, 3.05) is 11.9 Å². The van der Waals surface area contributed by atoms with Gasteiger partial charge in [-0.2, -0.15) is 5.10 Å². The Bertz CT molecular complexity index is 605. The van der Waals surface area contributed by atoms with Crippen molar-refractivity contribution in [2.24, 2.45) is 5.92 Å². The van der Waals surface area contributed by atoms with Gasteiger partial charge in [-0.15, -0.1) is 0 Å². The number of halogens is 1. The van der Waals surface area contributed by atoms with Crippen molar-refractivity contribution in [1.82, 2.24) is 9.78 Å². The summed E-state index contributed by atoms with van der Waals surface area (Å²) in [6, 6.07) is 11.0. The van der Waals surface area contributed by atoms with Crippen molar-refractivity contribution in [3.63, 3.8) is 0 Å². The minimum atomic E-state index is 0.588. The molecule has 2 atom stereocenters. The minimum Gasteiger partial charge on any atom is -0.369 e. The van der Waals surface area contributed by atoms with Gasteiger partial charge in [0.1, 0.15) is 11.5 Å². The number of rotatable bonds is 1. The Kier molecular flexibility index (Phi) is 2.65. The van der Waals surface area contributed by atoms with E-state index in [0.717, 1.165) is 28.4 Å². The molecule has 2 aliphatic rings. The molecule has 1 saturated carbocycles. The first-order valence-electron chi connectivity index (χ1n) is 6.92. The molecule has 2 heterocycles. The van der Waals surface area contributed by atoms with Crippen molar-refractivity contribution < 1.29 is 0 Å². The van der Waals surface area contributed by atoms with Gasteiger partial charge in [0.05, 0.1) is 10.5 Å². The number of nitrogens with one attached hydrogen (secondary N) is 1. The van der Waals surface area contributed by atoms with E-state index in [-0.39, 0.29) is 0 Å². The van der Waals surface area contributed by atoms with E-state index in [1.54, 1.807) is 0 Å². The van der Waals surface area contributed by atoms with Crippen molar-refractivity contribution in [2.45, 2.75) is 25.3 Å². The molecule has 1 fully saturated rings. The normalized spacial score (nSPS) is 24.7. The predicted molar refractivity (Wildman–Crippen MR) is 80.2 cm³/mol. The molecule has 19 heavy (non-hydrogen) atoms. The molecule has 0 saturated heterocycles. The summed E-state index contributed by atoms with van der Waals surface area (Å²) in [6.07, 6.45) is 3.92. The minimum absolute atomic E-state index is 0.588. The van der Waals surface area contributed by atoms with Gasteiger partial charge < -0.3 is 5.32 Å². The lowest BCUT2D eigenvalue weighted by Gasteiger charge is -2.28. The first kappa shape index (κ1) is 11.5. The lowest BCUT2D eigenvalue weighted by Crippen LogP contribution is -2.29. The summed E-state index contributed by atoms with van der Waals surface area (Å²) in [4.78, 5) is 0. The highest BCUT2D eigenvalue weighted by Gasteiger charge is 2.36. The number of aromatic nitrogens is 2. The molecule has 0 bridgehead atoms. The third-order valence-corrected chi connectivity index (χ3v) is 5.12. The highest BCUT2D eigenvalue weighted by atomic mass is 79.9. The zero-order chi connectivity index (χ0) is 12.8. The van der Waals surface area contributed by atoms with E-state index < -0.39 is 0 Å². The van der Waals surface area contributed by atoms with Gasteiger partial charge in [-0.05, 0) is 34.7 Å². The number of fused-ring (bicyclic) bond motifs is 3. The molecular formula is C15H16BrN3. The van der Waals surface area contributed by atoms with Crippen LogP contribution in [0.2, 0.25) is 0 Å². The van der Waals surface area contributed by atoms with E-state index in [2.05, 4.69) is 50.2 Å². The Hall–Kier alpha value is -1.29. The average Bonchev–Trinajstić information content (AvgIpc) is 3.04. The third-order valence-electron chi connectivity index (χ3n) is 4.36. The Morgan fingerprint density at radius 1 is 1.21 bits per heavy atom. The van der Waals surface area contributed by atoms with Crippen molar-refractivity contribution in [3.8, 4) is 11.3 Å². The second-order valence-electron chi connectivity index (χ2n) is 5.46. The van der Waals surface area contributed by atoms with Crippen molar-refractivity contribution in [3.05, 3.63) is 34.8 Å². The summed E-state index contributed by atoms with van der Waals surface area (Å²) in [5.41, 5.74) is 2.23. The van der Waals surface area contributed by atoms with Gasteiger partial charge in [-0.3, -0.25) is 0 Å². The first-order valence-corrected chi connectivity index (χ1v) is 7.71. The maximum Gasteiger partial charge on any atom is 0.139 e. The molecule has 0 spiro atoms. The fourth-order valence-electron chi connectivity index (χ4n) is 3.40. The molecule has 4 heteroatoms. The molecular weight excluding hydrogens is 302 g/mol. The second-order valence-corrected chi connectivity index (χ2v) is 6.25. The first-order chi connectivity index (χ1) is 9.34. The van der Waals surface area contributed by atoms with Gasteiger partial charge in [0.2, 0.25) is 0 Å². The topological polar surface area (TPSA) is 29.9 Å². The van der Waals surface area contributed by atoms with E-state index in [4.69, 9.17) is 5.10 Å². The Morgan fingerprint density at radius 3 is 2.89 bits per heavy atom. The number of benzene rings is 1. The zero-order valence-corrected chi connectivity index (χ0v) is 12.2. The molecule has 2 unspecified atom stereocenters. The molecule has 1 aliphatic heterocycles. The largest absolute Gasteiger partial charge is 0.369 e. The van der Waals surface area contributed by atoms with Gasteiger partial charge in [-0.25, -0.2) is 4.68 Å². The number of hydrogen-bond acceptors (Lipinski definition) is 2. The Labute approximate surface area is 121 Å². The average molecular weight is 318 g/mol. The number of anilines is 1. The van der Waals surface area contributed by atoms with Crippen LogP contribution < -0.4 is 5.32 Å². The fraction of sp³-hybridized carbons (Fsp3) is 0.400. The van der Waals surface area contributed by atoms with Crippen molar-refractivity contribution >= 4 is 21.7 Å². The lowest BCUT2D eigenvalue weighted by atomic mass is 10.0. The van der Waals surface area contributed by atoms with Gasteiger partial charge in [-0.1, -0.05) is 36.8 Å². The molecule has 4 rings (SSSR count). The SMILES string of the molecule is Brc1c(-c2ccccc2)nn2c1NCC1CCCC12. The van der Waals surface area contributed by atoms with E-state index >= 15 is 0 Å². The summed E-state index contributed by atoms with van der Waals surface area (Å²) < 4.78 is 3.32. The van der Waals surface area contributed by atoms with Gasteiger partial charge >= 0.3 is 0 Å². The molecule has 0 radical (unpaired) electrons. The molecule has 2 aromatic rings. The Balaban J connectivity index is 1.84. The fourth-order valence-corrected chi connectivity index (χ4v) is 4.03. The van der Waals surface area contributed by atoms with Crippen LogP contribution in [0.4, 0.5) is 5.82 Å². The summed E-state index contributed by atoms with van der Waals surface area (Å²) in [5, 5.41) is 8.42. The van der Waals surface area contributed by atoms with E-state index in [9.17, 15) is 0 Å². The quantitative estimate of drug-likeness (QED) is 0.859. The molecule has 1 aromatic heterocycles. The summed E-state index contributed by atoms with van der Waals surface area (Å²) >= 11 is 3.72. The number of nitrogens with zero attached hydrogens (tertiary/aromatic N) is 2. The molecule has 0 amide bonds. The van der Waals surface area contributed by atoms with Crippen LogP contribution in [0.25, 0.3) is 11.3 Å². The van der Waals surface area contributed by atoms with Gasteiger partial charge in [0.15, 0.2) is 0 Å². The lowest BCUT2D eigenvalue weighted by molar-refractivity contribution is 0.348. The Morgan fingerprint density at radius 2 is 2.05 bits per heavy atom. The molecule has 3 nitrogen and oxygen atoms in total. The van der Waals surface area contributed by atoms with Gasteiger partial charge in [0.25, 0.3) is 0 Å². The maximum absolute atomic E-state index is 4.87. The standard InChI is InChI=1S/C15H16BrN3/c16-13-14(10-5-2-1-3-6-10)18-19-12-8-4-7-11(12)9-17-15(13)19/h1-3,5-6,11-12,17H,4,7-9H2. The second kappa shape index (κ2) is 4.37. The molecule has 1 aromatic carbocycles. The molecule has 1 N–H and O–H groups in total. The highest BCUT2D eigenvalue weighted by Crippen LogP contribution is 2.45. The third kappa shape index (κ3) is 1.73. The zero-order valence-electron chi connectivity index (χ0n) is 10.6. The van der Waals surface area contributed by atoms with E-state index in [1.165, 1.54) is 24.8 Å². The smallest absolute Gasteiger partial charge is 0.139 e. The molecule has 98 valence electrons. The van der Waals surface area contributed by atoms with Crippen LogP contribution in [0, 0.1) is 5.92 Å². The summed E-state index contributed by atoms with van der Waals surface area (Å²) in [7, 11) is 0. The predicted octanol–water partition coefficient (Wildman–Crippen LogP) is 4.08. The van der Waals surface area contributed by atoms with Crippen LogP contribution in [0.3, 0.4) is 0 Å². The van der Waals surface area contributed by atoms with Crippen LogP contribution in [0.15, 0.2) is 34.8 Å². The number of hydrogen-bond donors (Lipinski definition) is 1. The van der Waals surface area contributed by atoms with E-state index in [1.807, 2.05) is 6.07 Å². The van der Waals surface area contributed by atoms with Crippen LogP contribution in [0.5, 0.6) is 0 Å². The summed E-state index contributed by atoms with van der Waals surface area (Å²) in [5.74, 6) is 1.91. The van der Waals surface area contributed by atoms with Crippen LogP contribution in [-0.4, -0.2) is 16.3 Å². The van der Waals surface area contributed by atoms with Crippen LogP contribution in [-0.2, 0) is 0 Å². The van der Waals surface area contributed by atoms with Gasteiger partial charge in [0, 0.05) is 12.1 Å². The maximum atomic E-state index is 4.87.